The van der Waals surface area contributed by atoms with Crippen LogP contribution in [0.1, 0.15) is 12.0 Å². The van der Waals surface area contributed by atoms with Crippen molar-refractivity contribution in [2.24, 2.45) is 11.8 Å². The molecule has 2 fully saturated rings. The molecular weight excluding hydrogens is 208 g/mol. The Morgan fingerprint density at radius 1 is 1.00 bits per heavy atom. The molecule has 2 heterocycles. The van der Waals surface area contributed by atoms with E-state index in [-0.39, 0.29) is 0 Å². The lowest BCUT2D eigenvalue weighted by molar-refractivity contribution is 0.0392. The van der Waals surface area contributed by atoms with Crippen LogP contribution in [0.15, 0.2) is 30.3 Å². The molecule has 0 saturated carbocycles. The summed E-state index contributed by atoms with van der Waals surface area (Å²) in [6.45, 7) is 6.30. The maximum Gasteiger partial charge on any atom is 0.0233 e. The van der Waals surface area contributed by atoms with E-state index >= 15 is 0 Å². The Balaban J connectivity index is 1.63. The van der Waals surface area contributed by atoms with Crippen LogP contribution in [-0.4, -0.2) is 43.0 Å². The largest absolute Gasteiger partial charge is 0.306 e. The van der Waals surface area contributed by atoms with Crippen LogP contribution in [0.3, 0.4) is 0 Å². The zero-order valence-electron chi connectivity index (χ0n) is 10.7. The van der Waals surface area contributed by atoms with E-state index in [0.717, 1.165) is 18.4 Å². The minimum atomic E-state index is 0.899. The smallest absolute Gasteiger partial charge is 0.0233 e. The molecule has 2 nitrogen and oxygen atoms in total. The van der Waals surface area contributed by atoms with E-state index in [0.29, 0.717) is 0 Å². The van der Waals surface area contributed by atoms with Gasteiger partial charge in [-0.15, -0.1) is 0 Å². The Hall–Kier alpha value is -0.860. The molecule has 2 aliphatic rings. The van der Waals surface area contributed by atoms with Crippen molar-refractivity contribution in [3.8, 4) is 0 Å². The standard InChI is InChI=1S/C15H22N2/c1-16-8-14-7-15(9-16)12-17(11-14)10-13-5-3-2-4-6-13/h2-6,14-15H,7-12H2,1H3/t14-,15?/m1/s1. The normalized spacial score (nSPS) is 30.4. The molecule has 0 spiro atoms. The fraction of sp³-hybridized carbons (Fsp3) is 0.600. The van der Waals surface area contributed by atoms with Gasteiger partial charge in [0, 0.05) is 32.7 Å². The molecule has 1 aromatic rings. The third kappa shape index (κ3) is 2.70. The first-order chi connectivity index (χ1) is 8.29. The maximum absolute atomic E-state index is 2.65. The van der Waals surface area contributed by atoms with Crippen molar-refractivity contribution < 1.29 is 0 Å². The van der Waals surface area contributed by atoms with Crippen molar-refractivity contribution >= 4 is 0 Å². The molecule has 0 amide bonds. The van der Waals surface area contributed by atoms with Gasteiger partial charge in [-0.05, 0) is 30.9 Å². The Morgan fingerprint density at radius 2 is 1.65 bits per heavy atom. The van der Waals surface area contributed by atoms with Crippen molar-refractivity contribution in [1.82, 2.24) is 9.80 Å². The van der Waals surface area contributed by atoms with E-state index in [1.54, 1.807) is 0 Å². The number of hydrogen-bond acceptors (Lipinski definition) is 2. The topological polar surface area (TPSA) is 6.48 Å². The Morgan fingerprint density at radius 3 is 2.29 bits per heavy atom. The highest BCUT2D eigenvalue weighted by Gasteiger charge is 2.32. The number of rotatable bonds is 2. The first kappa shape index (κ1) is 11.2. The third-order valence-electron chi connectivity index (χ3n) is 4.09. The van der Waals surface area contributed by atoms with Gasteiger partial charge in [-0.25, -0.2) is 0 Å². The van der Waals surface area contributed by atoms with Gasteiger partial charge in [0.2, 0.25) is 0 Å². The zero-order valence-corrected chi connectivity index (χ0v) is 10.7. The zero-order chi connectivity index (χ0) is 11.7. The van der Waals surface area contributed by atoms with Crippen LogP contribution < -0.4 is 0 Å². The molecule has 17 heavy (non-hydrogen) atoms. The number of piperidine rings is 2. The van der Waals surface area contributed by atoms with E-state index in [4.69, 9.17) is 0 Å². The summed E-state index contributed by atoms with van der Waals surface area (Å²) in [5, 5.41) is 0. The van der Waals surface area contributed by atoms with Gasteiger partial charge in [0.15, 0.2) is 0 Å². The number of likely N-dealkylation sites (tertiary alicyclic amines) is 2. The molecule has 2 saturated heterocycles. The fourth-order valence-corrected chi connectivity index (χ4v) is 3.62. The van der Waals surface area contributed by atoms with Crippen molar-refractivity contribution in [1.29, 1.82) is 0 Å². The van der Waals surface area contributed by atoms with Gasteiger partial charge < -0.3 is 4.90 Å². The van der Waals surface area contributed by atoms with Gasteiger partial charge in [-0.3, -0.25) is 4.90 Å². The van der Waals surface area contributed by atoms with Crippen LogP contribution >= 0.6 is 0 Å². The van der Waals surface area contributed by atoms with Crippen molar-refractivity contribution in [3.05, 3.63) is 35.9 Å². The highest BCUT2D eigenvalue weighted by atomic mass is 15.2. The average molecular weight is 230 g/mol. The minimum absolute atomic E-state index is 0.899. The fourth-order valence-electron chi connectivity index (χ4n) is 3.62. The lowest BCUT2D eigenvalue weighted by Gasteiger charge is -2.44. The molecule has 2 aliphatic heterocycles. The van der Waals surface area contributed by atoms with Gasteiger partial charge in [-0.1, -0.05) is 30.3 Å². The summed E-state index contributed by atoms with van der Waals surface area (Å²) in [5.41, 5.74) is 1.46. The highest BCUT2D eigenvalue weighted by Crippen LogP contribution is 2.28. The lowest BCUT2D eigenvalue weighted by atomic mass is 9.85. The molecule has 2 atom stereocenters. The summed E-state index contributed by atoms with van der Waals surface area (Å²) in [6, 6.07) is 10.9. The second-order valence-electron chi connectivity index (χ2n) is 5.87. The van der Waals surface area contributed by atoms with Gasteiger partial charge in [0.1, 0.15) is 0 Å². The molecule has 1 aromatic carbocycles. The maximum atomic E-state index is 2.65. The van der Waals surface area contributed by atoms with Crippen LogP contribution in [-0.2, 0) is 6.54 Å². The van der Waals surface area contributed by atoms with Gasteiger partial charge in [0.05, 0.1) is 0 Å². The summed E-state index contributed by atoms with van der Waals surface area (Å²) in [5.74, 6) is 1.80. The second kappa shape index (κ2) is 4.79. The van der Waals surface area contributed by atoms with Crippen LogP contribution in [0.4, 0.5) is 0 Å². The monoisotopic (exact) mass is 230 g/mol. The molecule has 0 N–H and O–H groups in total. The molecule has 0 radical (unpaired) electrons. The first-order valence-corrected chi connectivity index (χ1v) is 6.74. The highest BCUT2D eigenvalue weighted by molar-refractivity contribution is 5.14. The number of fused-ring (bicyclic) bond motifs is 2. The van der Waals surface area contributed by atoms with E-state index in [9.17, 15) is 0 Å². The van der Waals surface area contributed by atoms with Crippen LogP contribution in [0.5, 0.6) is 0 Å². The SMILES string of the molecule is CN1CC2C[C@H](C1)CN(Cc1ccccc1)C2. The summed E-state index contributed by atoms with van der Waals surface area (Å²) in [7, 11) is 2.27. The first-order valence-electron chi connectivity index (χ1n) is 6.74. The average Bonchev–Trinajstić information content (AvgIpc) is 2.28. The molecule has 3 rings (SSSR count). The van der Waals surface area contributed by atoms with Gasteiger partial charge in [-0.2, -0.15) is 0 Å². The van der Waals surface area contributed by atoms with E-state index in [1.165, 1.54) is 38.2 Å². The third-order valence-corrected chi connectivity index (χ3v) is 4.09. The Kier molecular flexibility index (Phi) is 3.17. The lowest BCUT2D eigenvalue weighted by Crippen LogP contribution is -2.51. The Labute approximate surface area is 104 Å². The molecule has 2 bridgehead atoms. The second-order valence-corrected chi connectivity index (χ2v) is 5.87. The van der Waals surface area contributed by atoms with Gasteiger partial charge >= 0.3 is 0 Å². The van der Waals surface area contributed by atoms with Crippen LogP contribution in [0.25, 0.3) is 0 Å². The molecule has 2 heteroatoms. The quantitative estimate of drug-likeness (QED) is 0.767. The summed E-state index contributed by atoms with van der Waals surface area (Å²) < 4.78 is 0. The van der Waals surface area contributed by atoms with Crippen molar-refractivity contribution in [2.45, 2.75) is 13.0 Å². The number of benzene rings is 1. The summed E-state index contributed by atoms with van der Waals surface area (Å²) in [4.78, 5) is 5.17. The van der Waals surface area contributed by atoms with E-state index in [2.05, 4.69) is 47.2 Å². The molecule has 1 unspecified atom stereocenters. The number of hydrogen-bond donors (Lipinski definition) is 0. The predicted molar refractivity (Wildman–Crippen MR) is 70.8 cm³/mol. The van der Waals surface area contributed by atoms with Gasteiger partial charge in [0.25, 0.3) is 0 Å². The molecule has 0 aliphatic carbocycles. The van der Waals surface area contributed by atoms with Crippen LogP contribution in [0.2, 0.25) is 0 Å². The number of nitrogens with zero attached hydrogens (tertiary/aromatic N) is 2. The summed E-state index contributed by atoms with van der Waals surface area (Å²) in [6.07, 6.45) is 1.45. The molecule has 0 aromatic heterocycles. The van der Waals surface area contributed by atoms with E-state index in [1.807, 2.05) is 0 Å². The molecule has 92 valence electrons. The summed E-state index contributed by atoms with van der Waals surface area (Å²) >= 11 is 0. The predicted octanol–water partition coefficient (Wildman–Crippen LogP) is 2.07. The van der Waals surface area contributed by atoms with E-state index < -0.39 is 0 Å². The Bertz CT molecular complexity index is 344. The van der Waals surface area contributed by atoms with Crippen LogP contribution in [0, 0.1) is 11.8 Å². The van der Waals surface area contributed by atoms with Crippen molar-refractivity contribution in [3.63, 3.8) is 0 Å². The van der Waals surface area contributed by atoms with Crippen molar-refractivity contribution in [2.75, 3.05) is 33.2 Å². The molecular formula is C15H22N2. The minimum Gasteiger partial charge on any atom is -0.306 e.